The molecule has 0 spiro atoms. The number of amides is 1. The van der Waals surface area contributed by atoms with Crippen LogP contribution in [0.2, 0.25) is 0 Å². The first kappa shape index (κ1) is 22.7. The average molecular weight is 460 g/mol. The number of benzene rings is 2. The second kappa shape index (κ2) is 10.4. The van der Waals surface area contributed by atoms with E-state index in [-0.39, 0.29) is 5.91 Å². The Morgan fingerprint density at radius 3 is 2.59 bits per heavy atom. The Hall–Kier alpha value is -4.47. The topological polar surface area (TPSA) is 113 Å². The van der Waals surface area contributed by atoms with Gasteiger partial charge in [0.1, 0.15) is 6.33 Å². The van der Waals surface area contributed by atoms with Gasteiger partial charge in [0.15, 0.2) is 11.5 Å². The monoisotopic (exact) mass is 460 g/mol. The van der Waals surface area contributed by atoms with Gasteiger partial charge in [0.05, 0.1) is 27.0 Å². The van der Waals surface area contributed by atoms with Crippen molar-refractivity contribution in [1.29, 1.82) is 0 Å². The number of nitrogens with zero attached hydrogens (tertiary/aromatic N) is 5. The Kier molecular flexibility index (Phi) is 6.97. The third kappa shape index (κ3) is 4.96. The largest absolute Gasteiger partial charge is 0.493 e. The van der Waals surface area contributed by atoms with Gasteiger partial charge < -0.3 is 19.5 Å². The number of pyridine rings is 1. The lowest BCUT2D eigenvalue weighted by atomic mass is 10.0. The predicted molar refractivity (Wildman–Crippen MR) is 125 cm³/mol. The average Bonchev–Trinajstić information content (AvgIpc) is 3.43. The quantitative estimate of drug-likeness (QED) is 0.406. The van der Waals surface area contributed by atoms with Crippen LogP contribution in [-0.2, 0) is 6.42 Å². The summed E-state index contributed by atoms with van der Waals surface area (Å²) in [7, 11) is 4.74. The van der Waals surface area contributed by atoms with Crippen LogP contribution in [0, 0.1) is 0 Å². The van der Waals surface area contributed by atoms with Crippen molar-refractivity contribution < 1.29 is 19.0 Å². The number of hydrogen-bond acceptors (Lipinski definition) is 8. The zero-order valence-electron chi connectivity index (χ0n) is 19.1. The van der Waals surface area contributed by atoms with Gasteiger partial charge >= 0.3 is 0 Å². The minimum absolute atomic E-state index is 0.223. The van der Waals surface area contributed by atoms with Crippen LogP contribution < -0.4 is 19.5 Å². The maximum absolute atomic E-state index is 13.1. The summed E-state index contributed by atoms with van der Waals surface area (Å²) in [5.74, 6) is 1.54. The molecule has 0 radical (unpaired) electrons. The molecule has 4 rings (SSSR count). The van der Waals surface area contributed by atoms with E-state index in [1.54, 1.807) is 39.7 Å². The van der Waals surface area contributed by atoms with Gasteiger partial charge in [-0.1, -0.05) is 6.07 Å². The molecule has 1 amide bonds. The molecule has 0 bridgehead atoms. The van der Waals surface area contributed by atoms with Gasteiger partial charge in [0.2, 0.25) is 5.88 Å². The van der Waals surface area contributed by atoms with Crippen molar-refractivity contribution in [3.8, 4) is 34.2 Å². The maximum Gasteiger partial charge on any atom is 0.251 e. The predicted octanol–water partition coefficient (Wildman–Crippen LogP) is 2.72. The number of nitrogens with one attached hydrogen (secondary N) is 1. The van der Waals surface area contributed by atoms with Crippen molar-refractivity contribution in [2.24, 2.45) is 0 Å². The number of hydrogen-bond donors (Lipinski definition) is 1. The molecular formula is C24H24N6O4. The lowest BCUT2D eigenvalue weighted by Gasteiger charge is -2.12. The molecule has 0 atom stereocenters. The lowest BCUT2D eigenvalue weighted by molar-refractivity contribution is 0.0954. The summed E-state index contributed by atoms with van der Waals surface area (Å²) >= 11 is 0. The fourth-order valence-corrected chi connectivity index (χ4v) is 3.54. The number of ether oxygens (including phenoxy) is 3. The van der Waals surface area contributed by atoms with E-state index < -0.39 is 0 Å². The first-order chi connectivity index (χ1) is 16.6. The molecule has 1 N–H and O–H groups in total. The summed E-state index contributed by atoms with van der Waals surface area (Å²) in [6.07, 6.45) is 3.75. The third-order valence-electron chi connectivity index (χ3n) is 5.22. The van der Waals surface area contributed by atoms with Crippen LogP contribution in [-0.4, -0.2) is 59.0 Å². The number of aromatic nitrogens is 5. The summed E-state index contributed by atoms with van der Waals surface area (Å²) in [6.45, 7) is 0.439. The molecule has 10 heteroatoms. The number of rotatable bonds is 9. The molecule has 10 nitrogen and oxygen atoms in total. The van der Waals surface area contributed by atoms with Crippen LogP contribution in [0.4, 0.5) is 0 Å². The van der Waals surface area contributed by atoms with E-state index in [9.17, 15) is 4.79 Å². The van der Waals surface area contributed by atoms with Crippen molar-refractivity contribution in [2.75, 3.05) is 27.9 Å². The standard InChI is InChI=1S/C24H24N6O4/c1-32-21-7-6-16(11-22(21)33-2)8-10-25-23(31)18-12-17(20-5-4-9-26-24(20)34-3)13-19(14-18)30-15-27-28-29-30/h4-7,9,11-15H,8,10H2,1-3H3,(H,25,31). The molecule has 2 aromatic heterocycles. The maximum atomic E-state index is 13.1. The molecule has 2 heterocycles. The molecule has 0 fully saturated rings. The summed E-state index contributed by atoms with van der Waals surface area (Å²) in [4.78, 5) is 17.3. The van der Waals surface area contributed by atoms with E-state index in [0.717, 1.165) is 16.7 Å². The van der Waals surface area contributed by atoms with Gasteiger partial charge in [-0.3, -0.25) is 4.79 Å². The van der Waals surface area contributed by atoms with Crippen molar-refractivity contribution in [3.05, 3.63) is 72.2 Å². The molecule has 174 valence electrons. The fourth-order valence-electron chi connectivity index (χ4n) is 3.54. The smallest absolute Gasteiger partial charge is 0.251 e. The second-order valence-corrected chi connectivity index (χ2v) is 7.28. The summed E-state index contributed by atoms with van der Waals surface area (Å²) in [5.41, 5.74) is 3.61. The van der Waals surface area contributed by atoms with Crippen molar-refractivity contribution in [3.63, 3.8) is 0 Å². The lowest BCUT2D eigenvalue weighted by Crippen LogP contribution is -2.26. The van der Waals surface area contributed by atoms with Crippen molar-refractivity contribution in [2.45, 2.75) is 6.42 Å². The van der Waals surface area contributed by atoms with Gasteiger partial charge in [0.25, 0.3) is 5.91 Å². The van der Waals surface area contributed by atoms with Crippen LogP contribution >= 0.6 is 0 Å². The highest BCUT2D eigenvalue weighted by Gasteiger charge is 2.14. The third-order valence-corrected chi connectivity index (χ3v) is 5.22. The highest BCUT2D eigenvalue weighted by atomic mass is 16.5. The van der Waals surface area contributed by atoms with E-state index in [1.165, 1.54) is 11.0 Å². The molecule has 4 aromatic rings. The van der Waals surface area contributed by atoms with Crippen LogP contribution in [0.5, 0.6) is 17.4 Å². The summed E-state index contributed by atoms with van der Waals surface area (Å²) < 4.78 is 17.5. The SMILES string of the molecule is COc1ccc(CCNC(=O)c2cc(-c3cccnc3OC)cc(-n3cnnn3)c2)cc1OC. The fraction of sp³-hybridized carbons (Fsp3) is 0.208. The van der Waals surface area contributed by atoms with E-state index in [4.69, 9.17) is 14.2 Å². The number of carbonyl (C=O) groups excluding carboxylic acids is 1. The highest BCUT2D eigenvalue weighted by Crippen LogP contribution is 2.30. The molecule has 2 aromatic carbocycles. The summed E-state index contributed by atoms with van der Waals surface area (Å²) in [6, 6.07) is 14.8. The van der Waals surface area contributed by atoms with Crippen molar-refractivity contribution in [1.82, 2.24) is 30.5 Å². The Balaban J connectivity index is 1.57. The van der Waals surface area contributed by atoms with E-state index >= 15 is 0 Å². The Morgan fingerprint density at radius 2 is 1.85 bits per heavy atom. The van der Waals surface area contributed by atoms with Crippen LogP contribution in [0.25, 0.3) is 16.8 Å². The first-order valence-corrected chi connectivity index (χ1v) is 10.5. The Morgan fingerprint density at radius 1 is 1.00 bits per heavy atom. The number of carbonyl (C=O) groups is 1. The molecule has 0 aliphatic carbocycles. The van der Waals surface area contributed by atoms with E-state index in [1.807, 2.05) is 36.4 Å². The van der Waals surface area contributed by atoms with Gasteiger partial charge in [-0.15, -0.1) is 5.10 Å². The highest BCUT2D eigenvalue weighted by molar-refractivity contribution is 5.96. The zero-order chi connectivity index (χ0) is 23.9. The first-order valence-electron chi connectivity index (χ1n) is 10.5. The Bertz CT molecular complexity index is 1280. The number of tetrazole rings is 1. The van der Waals surface area contributed by atoms with E-state index in [2.05, 4.69) is 25.8 Å². The molecular weight excluding hydrogens is 436 g/mol. The summed E-state index contributed by atoms with van der Waals surface area (Å²) in [5, 5.41) is 14.3. The minimum atomic E-state index is -0.223. The van der Waals surface area contributed by atoms with Gasteiger partial charge in [-0.2, -0.15) is 0 Å². The molecule has 0 aliphatic rings. The van der Waals surface area contributed by atoms with Crippen molar-refractivity contribution >= 4 is 5.91 Å². The normalized spacial score (nSPS) is 10.6. The van der Waals surface area contributed by atoms with Crippen LogP contribution in [0.3, 0.4) is 0 Å². The number of methoxy groups -OCH3 is 3. The van der Waals surface area contributed by atoms with Crippen LogP contribution in [0.1, 0.15) is 15.9 Å². The van der Waals surface area contributed by atoms with Crippen LogP contribution in [0.15, 0.2) is 61.1 Å². The van der Waals surface area contributed by atoms with Gasteiger partial charge in [-0.05, 0) is 70.4 Å². The Labute approximate surface area is 196 Å². The second-order valence-electron chi connectivity index (χ2n) is 7.28. The van der Waals surface area contributed by atoms with Gasteiger partial charge in [-0.25, -0.2) is 9.67 Å². The molecule has 34 heavy (non-hydrogen) atoms. The molecule has 0 unspecified atom stereocenters. The molecule has 0 saturated carbocycles. The molecule has 0 aliphatic heterocycles. The molecule has 0 saturated heterocycles. The van der Waals surface area contributed by atoms with E-state index in [0.29, 0.717) is 41.6 Å². The van der Waals surface area contributed by atoms with Gasteiger partial charge in [0, 0.05) is 23.9 Å². The minimum Gasteiger partial charge on any atom is -0.493 e. The zero-order valence-corrected chi connectivity index (χ0v) is 19.1.